The van der Waals surface area contributed by atoms with Crippen molar-refractivity contribution in [1.29, 1.82) is 0 Å². The Morgan fingerprint density at radius 3 is 2.85 bits per heavy atom. The molecule has 2 heterocycles. The number of carboxylic acids is 1. The van der Waals surface area contributed by atoms with Crippen LogP contribution in [0.1, 0.15) is 10.7 Å². The summed E-state index contributed by atoms with van der Waals surface area (Å²) in [7, 11) is 0. The average Bonchev–Trinajstić information content (AvgIpc) is 2.75. The summed E-state index contributed by atoms with van der Waals surface area (Å²) in [6.07, 6.45) is 2.46. The molecular formula is C6H3N3O4. The largest absolute Gasteiger partial charge is 0.474 e. The van der Waals surface area contributed by atoms with E-state index in [4.69, 9.17) is 9.52 Å². The number of aromatic nitrogens is 3. The second-order valence-electron chi connectivity index (χ2n) is 2.09. The smallest absolute Gasteiger partial charge is 0.393 e. The van der Waals surface area contributed by atoms with E-state index in [1.54, 1.807) is 0 Å². The SMILES string of the molecule is O=C(O)c1nnc(-c2cocn2)o1. The predicted molar refractivity (Wildman–Crippen MR) is 36.8 cm³/mol. The molecule has 0 radical (unpaired) electrons. The Labute approximate surface area is 71.0 Å². The van der Waals surface area contributed by atoms with E-state index in [0.29, 0.717) is 5.69 Å². The number of nitrogens with zero attached hydrogens (tertiary/aromatic N) is 3. The average molecular weight is 181 g/mol. The summed E-state index contributed by atoms with van der Waals surface area (Å²) in [5.74, 6) is -1.73. The van der Waals surface area contributed by atoms with E-state index in [0.717, 1.165) is 0 Å². The molecule has 7 heteroatoms. The Balaban J connectivity index is 2.39. The van der Waals surface area contributed by atoms with Crippen LogP contribution in [0.25, 0.3) is 11.6 Å². The lowest BCUT2D eigenvalue weighted by Crippen LogP contribution is -1.95. The van der Waals surface area contributed by atoms with Crippen LogP contribution in [0.4, 0.5) is 0 Å². The fourth-order valence-corrected chi connectivity index (χ4v) is 0.731. The normalized spacial score (nSPS) is 10.2. The number of rotatable bonds is 2. The van der Waals surface area contributed by atoms with Crippen molar-refractivity contribution in [3.05, 3.63) is 18.5 Å². The lowest BCUT2D eigenvalue weighted by atomic mass is 10.5. The molecule has 0 bridgehead atoms. The third-order valence-electron chi connectivity index (χ3n) is 1.26. The van der Waals surface area contributed by atoms with Crippen molar-refractivity contribution in [3.8, 4) is 11.6 Å². The molecule has 0 spiro atoms. The van der Waals surface area contributed by atoms with Crippen molar-refractivity contribution in [1.82, 2.24) is 15.2 Å². The summed E-state index contributed by atoms with van der Waals surface area (Å²) in [6.45, 7) is 0. The van der Waals surface area contributed by atoms with Gasteiger partial charge in [0, 0.05) is 0 Å². The van der Waals surface area contributed by atoms with Gasteiger partial charge in [-0.25, -0.2) is 9.78 Å². The quantitative estimate of drug-likeness (QED) is 0.716. The van der Waals surface area contributed by atoms with Gasteiger partial charge in [0.1, 0.15) is 6.26 Å². The fraction of sp³-hybridized carbons (Fsp3) is 0. The molecule has 0 saturated heterocycles. The van der Waals surface area contributed by atoms with Crippen LogP contribution >= 0.6 is 0 Å². The molecular weight excluding hydrogens is 178 g/mol. The molecule has 0 amide bonds. The van der Waals surface area contributed by atoms with Crippen LogP contribution in [0.5, 0.6) is 0 Å². The first kappa shape index (κ1) is 7.47. The molecule has 0 aliphatic heterocycles. The van der Waals surface area contributed by atoms with E-state index in [1.807, 2.05) is 0 Å². The van der Waals surface area contributed by atoms with Gasteiger partial charge in [-0.15, -0.1) is 10.2 Å². The zero-order valence-electron chi connectivity index (χ0n) is 6.17. The Kier molecular flexibility index (Phi) is 1.55. The molecule has 0 fully saturated rings. The monoisotopic (exact) mass is 181 g/mol. The van der Waals surface area contributed by atoms with E-state index in [2.05, 4.69) is 19.6 Å². The van der Waals surface area contributed by atoms with Gasteiger partial charge in [-0.1, -0.05) is 0 Å². The van der Waals surface area contributed by atoms with Crippen molar-refractivity contribution in [2.75, 3.05) is 0 Å². The van der Waals surface area contributed by atoms with Gasteiger partial charge in [0.05, 0.1) is 0 Å². The Morgan fingerprint density at radius 2 is 2.31 bits per heavy atom. The van der Waals surface area contributed by atoms with Crippen LogP contribution in [0.2, 0.25) is 0 Å². The van der Waals surface area contributed by atoms with E-state index >= 15 is 0 Å². The lowest BCUT2D eigenvalue weighted by Gasteiger charge is -1.81. The number of oxazole rings is 1. The highest BCUT2D eigenvalue weighted by molar-refractivity contribution is 5.82. The summed E-state index contributed by atoms with van der Waals surface area (Å²) in [6, 6.07) is 0. The fourth-order valence-electron chi connectivity index (χ4n) is 0.731. The Hall–Kier alpha value is -2.18. The van der Waals surface area contributed by atoms with Gasteiger partial charge in [-0.05, 0) is 0 Å². The minimum atomic E-state index is -1.28. The van der Waals surface area contributed by atoms with Crippen LogP contribution in [0.3, 0.4) is 0 Å². The first-order chi connectivity index (χ1) is 6.27. The number of carbonyl (C=O) groups is 1. The zero-order valence-corrected chi connectivity index (χ0v) is 6.17. The molecule has 0 saturated carbocycles. The highest BCUT2D eigenvalue weighted by atomic mass is 16.4. The van der Waals surface area contributed by atoms with Crippen LogP contribution in [-0.4, -0.2) is 26.3 Å². The molecule has 0 atom stereocenters. The summed E-state index contributed by atoms with van der Waals surface area (Å²) < 4.78 is 9.40. The second-order valence-corrected chi connectivity index (χ2v) is 2.09. The number of hydrogen-bond acceptors (Lipinski definition) is 6. The minimum Gasteiger partial charge on any atom is -0.474 e. The van der Waals surface area contributed by atoms with Crippen molar-refractivity contribution < 1.29 is 18.7 Å². The molecule has 2 rings (SSSR count). The summed E-state index contributed by atoms with van der Waals surface area (Å²) in [4.78, 5) is 14.0. The van der Waals surface area contributed by atoms with Crippen LogP contribution in [0.15, 0.2) is 21.5 Å². The van der Waals surface area contributed by atoms with Gasteiger partial charge < -0.3 is 13.9 Å². The molecule has 0 aromatic carbocycles. The standard InChI is InChI=1S/C6H3N3O4/c10-6(11)5-9-8-4(13-5)3-1-12-2-7-3/h1-2H,(H,10,11). The van der Waals surface area contributed by atoms with Gasteiger partial charge >= 0.3 is 11.9 Å². The third kappa shape index (κ3) is 1.26. The van der Waals surface area contributed by atoms with E-state index in [1.165, 1.54) is 12.7 Å². The second kappa shape index (κ2) is 2.70. The predicted octanol–water partition coefficient (Wildman–Crippen LogP) is 0.423. The van der Waals surface area contributed by atoms with Gasteiger partial charge in [0.2, 0.25) is 0 Å². The highest BCUT2D eigenvalue weighted by Gasteiger charge is 2.15. The molecule has 0 unspecified atom stereocenters. The van der Waals surface area contributed by atoms with E-state index in [-0.39, 0.29) is 5.89 Å². The van der Waals surface area contributed by atoms with Crippen molar-refractivity contribution >= 4 is 5.97 Å². The maximum absolute atomic E-state index is 10.3. The van der Waals surface area contributed by atoms with Crippen molar-refractivity contribution in [2.24, 2.45) is 0 Å². The molecule has 7 nitrogen and oxygen atoms in total. The number of carboxylic acid groups (broad SMARTS) is 1. The van der Waals surface area contributed by atoms with Gasteiger partial charge in [-0.2, -0.15) is 0 Å². The first-order valence-corrected chi connectivity index (χ1v) is 3.23. The van der Waals surface area contributed by atoms with Crippen molar-refractivity contribution in [2.45, 2.75) is 0 Å². The molecule has 66 valence electrons. The molecule has 1 N–H and O–H groups in total. The molecule has 13 heavy (non-hydrogen) atoms. The zero-order chi connectivity index (χ0) is 9.26. The minimum absolute atomic E-state index is 0.0196. The summed E-state index contributed by atoms with van der Waals surface area (Å²) >= 11 is 0. The molecule has 2 aromatic heterocycles. The van der Waals surface area contributed by atoms with E-state index < -0.39 is 11.9 Å². The van der Waals surface area contributed by atoms with Gasteiger partial charge in [0.15, 0.2) is 12.1 Å². The Bertz CT molecular complexity index is 419. The lowest BCUT2D eigenvalue weighted by molar-refractivity contribution is 0.0654. The maximum atomic E-state index is 10.3. The summed E-state index contributed by atoms with van der Waals surface area (Å²) in [5, 5.41) is 15.2. The maximum Gasteiger partial charge on any atom is 0.393 e. The van der Waals surface area contributed by atoms with Crippen LogP contribution < -0.4 is 0 Å². The van der Waals surface area contributed by atoms with Crippen LogP contribution in [0, 0.1) is 0 Å². The molecule has 0 aliphatic carbocycles. The van der Waals surface area contributed by atoms with Crippen LogP contribution in [-0.2, 0) is 0 Å². The molecule has 0 aliphatic rings. The van der Waals surface area contributed by atoms with E-state index in [9.17, 15) is 4.79 Å². The van der Waals surface area contributed by atoms with Gasteiger partial charge in [-0.3, -0.25) is 0 Å². The van der Waals surface area contributed by atoms with Crippen molar-refractivity contribution in [3.63, 3.8) is 0 Å². The summed E-state index contributed by atoms with van der Waals surface area (Å²) in [5.41, 5.74) is 0.306. The third-order valence-corrected chi connectivity index (χ3v) is 1.26. The molecule has 2 aromatic rings. The Morgan fingerprint density at radius 1 is 1.46 bits per heavy atom. The number of hydrogen-bond donors (Lipinski definition) is 1. The van der Waals surface area contributed by atoms with Gasteiger partial charge in [0.25, 0.3) is 5.89 Å². The topological polar surface area (TPSA) is 102 Å². The number of aromatic carboxylic acids is 1. The first-order valence-electron chi connectivity index (χ1n) is 3.23. The highest BCUT2D eigenvalue weighted by Crippen LogP contribution is 2.14.